The van der Waals surface area contributed by atoms with Crippen LogP contribution < -0.4 is 19.9 Å². The van der Waals surface area contributed by atoms with E-state index in [4.69, 9.17) is 25.4 Å². The van der Waals surface area contributed by atoms with E-state index in [0.29, 0.717) is 33.8 Å². The Morgan fingerprint density at radius 2 is 1.61 bits per heavy atom. The van der Waals surface area contributed by atoms with E-state index in [1.807, 2.05) is 0 Å². The van der Waals surface area contributed by atoms with Gasteiger partial charge in [0.2, 0.25) is 15.9 Å². The van der Waals surface area contributed by atoms with Crippen LogP contribution in [0.5, 0.6) is 11.5 Å². The normalized spacial score (nSPS) is 14.4. The lowest BCUT2D eigenvalue weighted by Crippen LogP contribution is -2.56. The van der Waals surface area contributed by atoms with Gasteiger partial charge in [-0.25, -0.2) is 13.2 Å². The van der Waals surface area contributed by atoms with Crippen molar-refractivity contribution in [3.05, 3.63) is 77.9 Å². The van der Waals surface area contributed by atoms with Gasteiger partial charge in [-0.15, -0.1) is 0 Å². The Bertz CT molecular complexity index is 1700. The number of nitrogens with one attached hydrogen (secondary N) is 2. The molecule has 12 nitrogen and oxygen atoms in total. The maximum atomic E-state index is 13.9. The molecule has 0 aromatic heterocycles. The summed E-state index contributed by atoms with van der Waals surface area (Å²) in [6, 6.07) is 17.2. The molecule has 1 fully saturated rings. The van der Waals surface area contributed by atoms with E-state index in [1.165, 1.54) is 24.1 Å². The average Bonchev–Trinajstić information content (AvgIpc) is 3.03. The topological polar surface area (TPSA) is 164 Å². The fourth-order valence-corrected chi connectivity index (χ4v) is 6.29. The number of ether oxygens (including phenoxy) is 3. The smallest absolute Gasteiger partial charge is 0.410 e. The van der Waals surface area contributed by atoms with Gasteiger partial charge in [-0.1, -0.05) is 30.3 Å². The Labute approximate surface area is 270 Å². The van der Waals surface area contributed by atoms with Crippen LogP contribution in [0.2, 0.25) is 0 Å². The number of sulfonamides is 1. The van der Waals surface area contributed by atoms with Crippen LogP contribution in [0.1, 0.15) is 31.9 Å². The number of amides is 2. The number of rotatable bonds is 10. The molecule has 2 amide bonds. The summed E-state index contributed by atoms with van der Waals surface area (Å²) < 4.78 is 46.6. The number of nitrogens with two attached hydrogens (primary N) is 1. The SMILES string of the molecule is COc1ccc(-c2cccc(S(=O)(=O)N[C@@H](Cc3cccc(C(=N)N)c3)C(=O)N3CCN(C(=O)OC(C)(C)C)CC3)c2)c(OC)c1. The highest BCUT2D eigenvalue weighted by molar-refractivity contribution is 7.89. The summed E-state index contributed by atoms with van der Waals surface area (Å²) in [5, 5.41) is 7.80. The first kappa shape index (κ1) is 34.3. The number of nitrogen functional groups attached to an aromatic ring is 1. The summed E-state index contributed by atoms with van der Waals surface area (Å²) in [5.41, 5.74) is 7.36. The number of benzene rings is 3. The predicted octanol–water partition coefficient (Wildman–Crippen LogP) is 3.62. The molecule has 1 saturated heterocycles. The minimum Gasteiger partial charge on any atom is -0.497 e. The monoisotopic (exact) mass is 651 g/mol. The van der Waals surface area contributed by atoms with Crippen molar-refractivity contribution in [2.75, 3.05) is 40.4 Å². The highest BCUT2D eigenvalue weighted by Crippen LogP contribution is 2.34. The number of carbonyl (C=O) groups excluding carboxylic acids is 2. The zero-order chi connectivity index (χ0) is 33.6. The van der Waals surface area contributed by atoms with Gasteiger partial charge in [-0.05, 0) is 68.7 Å². The minimum absolute atomic E-state index is 0.0114. The predicted molar refractivity (Wildman–Crippen MR) is 175 cm³/mol. The van der Waals surface area contributed by atoms with Gasteiger partial charge in [0, 0.05) is 43.4 Å². The Morgan fingerprint density at radius 3 is 2.24 bits per heavy atom. The van der Waals surface area contributed by atoms with Crippen LogP contribution in [0, 0.1) is 5.41 Å². The highest BCUT2D eigenvalue weighted by atomic mass is 32.2. The molecule has 0 bridgehead atoms. The number of amidine groups is 1. The van der Waals surface area contributed by atoms with E-state index < -0.39 is 33.7 Å². The van der Waals surface area contributed by atoms with Gasteiger partial charge in [0.15, 0.2) is 0 Å². The van der Waals surface area contributed by atoms with Crippen LogP contribution in [0.3, 0.4) is 0 Å². The van der Waals surface area contributed by atoms with Crippen LogP contribution >= 0.6 is 0 Å². The molecule has 3 aromatic carbocycles. The summed E-state index contributed by atoms with van der Waals surface area (Å²) in [5.74, 6) is 0.516. The molecule has 4 N–H and O–H groups in total. The second kappa shape index (κ2) is 14.2. The summed E-state index contributed by atoms with van der Waals surface area (Å²) in [7, 11) is -1.15. The van der Waals surface area contributed by atoms with Gasteiger partial charge in [-0.2, -0.15) is 4.72 Å². The Kier molecular flexibility index (Phi) is 10.6. The first-order chi connectivity index (χ1) is 21.7. The molecule has 0 aliphatic carbocycles. The molecule has 1 aliphatic heterocycles. The number of carbonyl (C=O) groups is 2. The number of hydrogen-bond acceptors (Lipinski definition) is 8. The molecule has 246 valence electrons. The van der Waals surface area contributed by atoms with Crippen molar-refractivity contribution < 1.29 is 32.2 Å². The molecular weight excluding hydrogens is 610 g/mol. The van der Waals surface area contributed by atoms with Crippen LogP contribution in [-0.4, -0.2) is 88.1 Å². The third-order valence-electron chi connectivity index (χ3n) is 7.38. The number of hydrogen-bond donors (Lipinski definition) is 3. The van der Waals surface area contributed by atoms with Gasteiger partial charge < -0.3 is 29.7 Å². The molecule has 1 atom stereocenters. The molecule has 0 spiro atoms. The van der Waals surface area contributed by atoms with E-state index >= 15 is 0 Å². The van der Waals surface area contributed by atoms with Gasteiger partial charge in [0.1, 0.15) is 29.0 Å². The number of piperazine rings is 1. The van der Waals surface area contributed by atoms with Crippen molar-refractivity contribution >= 4 is 27.9 Å². The zero-order valence-electron chi connectivity index (χ0n) is 26.7. The Morgan fingerprint density at radius 1 is 0.935 bits per heavy atom. The number of methoxy groups -OCH3 is 2. The third kappa shape index (κ3) is 8.55. The van der Waals surface area contributed by atoms with Crippen molar-refractivity contribution in [1.29, 1.82) is 5.41 Å². The lowest BCUT2D eigenvalue weighted by atomic mass is 10.0. The fourth-order valence-electron chi connectivity index (χ4n) is 5.06. The fraction of sp³-hybridized carbons (Fsp3) is 0.364. The third-order valence-corrected chi connectivity index (χ3v) is 8.85. The first-order valence-electron chi connectivity index (χ1n) is 14.8. The molecule has 0 radical (unpaired) electrons. The van der Waals surface area contributed by atoms with Crippen LogP contribution in [0.4, 0.5) is 4.79 Å². The molecule has 3 aromatic rings. The van der Waals surface area contributed by atoms with Crippen LogP contribution in [0.15, 0.2) is 71.6 Å². The lowest BCUT2D eigenvalue weighted by Gasteiger charge is -2.37. The molecule has 4 rings (SSSR count). The Hall–Kier alpha value is -4.62. The maximum absolute atomic E-state index is 13.9. The summed E-state index contributed by atoms with van der Waals surface area (Å²) in [6.07, 6.45) is -0.455. The van der Waals surface area contributed by atoms with E-state index in [9.17, 15) is 18.0 Å². The quantitative estimate of drug-likeness (QED) is 0.221. The Balaban J connectivity index is 1.61. The molecule has 0 unspecified atom stereocenters. The average molecular weight is 652 g/mol. The van der Waals surface area contributed by atoms with Gasteiger partial charge in [-0.3, -0.25) is 10.2 Å². The largest absolute Gasteiger partial charge is 0.497 e. The van der Waals surface area contributed by atoms with E-state index in [2.05, 4.69) is 4.72 Å². The molecular formula is C33H41N5O7S. The van der Waals surface area contributed by atoms with E-state index in [1.54, 1.807) is 87.4 Å². The standard InChI is InChI=1S/C33H41N5O7S/c1-33(2,3)45-32(40)38-16-14-37(15-17-38)31(39)28(19-22-8-6-10-24(18-22)30(34)35)36-46(41,42)26-11-7-9-23(20-26)27-13-12-25(43-4)21-29(27)44-5/h6-13,18,20-21,28,36H,14-17,19H2,1-5H3,(H3,34,35)/t28-/m0/s1. The second-order valence-electron chi connectivity index (χ2n) is 11.9. The van der Waals surface area contributed by atoms with Crippen molar-refractivity contribution in [3.8, 4) is 22.6 Å². The van der Waals surface area contributed by atoms with Crippen LogP contribution in [0.25, 0.3) is 11.1 Å². The van der Waals surface area contributed by atoms with Gasteiger partial charge in [0.25, 0.3) is 0 Å². The minimum atomic E-state index is -4.21. The van der Waals surface area contributed by atoms with Crippen molar-refractivity contribution in [2.24, 2.45) is 5.73 Å². The second-order valence-corrected chi connectivity index (χ2v) is 13.6. The van der Waals surface area contributed by atoms with Crippen molar-refractivity contribution in [2.45, 2.75) is 43.7 Å². The number of nitrogens with zero attached hydrogens (tertiary/aromatic N) is 2. The molecule has 1 aliphatic rings. The van der Waals surface area contributed by atoms with Gasteiger partial charge in [0.05, 0.1) is 19.1 Å². The maximum Gasteiger partial charge on any atom is 0.410 e. The zero-order valence-corrected chi connectivity index (χ0v) is 27.5. The highest BCUT2D eigenvalue weighted by Gasteiger charge is 2.33. The molecule has 1 heterocycles. The van der Waals surface area contributed by atoms with E-state index in [-0.39, 0.29) is 43.3 Å². The van der Waals surface area contributed by atoms with Crippen molar-refractivity contribution in [3.63, 3.8) is 0 Å². The molecule has 13 heteroatoms. The first-order valence-corrected chi connectivity index (χ1v) is 16.2. The molecule has 0 saturated carbocycles. The van der Waals surface area contributed by atoms with Crippen molar-refractivity contribution in [1.82, 2.24) is 14.5 Å². The molecule has 46 heavy (non-hydrogen) atoms. The summed E-state index contributed by atoms with van der Waals surface area (Å²) in [4.78, 5) is 29.5. The van der Waals surface area contributed by atoms with E-state index in [0.717, 1.165) is 0 Å². The summed E-state index contributed by atoms with van der Waals surface area (Å²) in [6.45, 7) is 6.24. The van der Waals surface area contributed by atoms with Gasteiger partial charge >= 0.3 is 6.09 Å². The summed E-state index contributed by atoms with van der Waals surface area (Å²) >= 11 is 0. The lowest BCUT2D eigenvalue weighted by molar-refractivity contribution is -0.134. The van der Waals surface area contributed by atoms with Crippen LogP contribution in [-0.2, 0) is 26.0 Å².